The molecule has 0 saturated carbocycles. The summed E-state index contributed by atoms with van der Waals surface area (Å²) in [4.78, 5) is 6.06. The third-order valence-corrected chi connectivity index (χ3v) is 16.9. The second-order valence-corrected chi connectivity index (χ2v) is 20.3. The lowest BCUT2D eigenvalue weighted by Gasteiger charge is -2.16. The first-order valence-electron chi connectivity index (χ1n) is 17.8. The SMILES string of the molecule is CCCCSC(SCCCC)=C1c2cc3c(cc2-c2sc(C(C)C)cc21)C(=C(SCCCC)SCCCC)c1cc(C(C)C)sc1-3. The normalized spacial score (nSPS) is 13.2. The molecule has 0 nitrogen and oxygen atoms in total. The van der Waals surface area contributed by atoms with E-state index in [4.69, 9.17) is 0 Å². The number of thiophene rings is 2. The summed E-state index contributed by atoms with van der Waals surface area (Å²) in [7, 11) is 0. The number of hydrogen-bond donors (Lipinski definition) is 0. The van der Waals surface area contributed by atoms with Gasteiger partial charge in [0.2, 0.25) is 0 Å². The molecule has 0 radical (unpaired) electrons. The van der Waals surface area contributed by atoms with Gasteiger partial charge in [-0.15, -0.1) is 69.7 Å². The molecule has 3 aromatic rings. The van der Waals surface area contributed by atoms with Gasteiger partial charge in [-0.1, -0.05) is 81.1 Å². The van der Waals surface area contributed by atoms with E-state index >= 15 is 0 Å². The fraction of sp³-hybridized carbons (Fsp3) is 0.550. The van der Waals surface area contributed by atoms with Crippen LogP contribution in [0.3, 0.4) is 0 Å². The molecule has 2 aliphatic rings. The van der Waals surface area contributed by atoms with Crippen LogP contribution in [0.2, 0.25) is 0 Å². The minimum Gasteiger partial charge on any atom is -0.139 e. The van der Waals surface area contributed by atoms with Crippen LogP contribution in [-0.2, 0) is 0 Å². The minimum absolute atomic E-state index is 0.548. The fourth-order valence-corrected chi connectivity index (χ4v) is 13.9. The van der Waals surface area contributed by atoms with Crippen molar-refractivity contribution in [2.24, 2.45) is 0 Å². The van der Waals surface area contributed by atoms with Crippen LogP contribution in [0.5, 0.6) is 0 Å². The van der Waals surface area contributed by atoms with Crippen molar-refractivity contribution >= 4 is 80.9 Å². The molecule has 0 amide bonds. The Bertz CT molecular complexity index is 1410. The zero-order chi connectivity index (χ0) is 32.8. The highest BCUT2D eigenvalue weighted by Crippen LogP contribution is 2.60. The number of unbranched alkanes of at least 4 members (excludes halogenated alkanes) is 4. The Balaban J connectivity index is 1.75. The summed E-state index contributed by atoms with van der Waals surface area (Å²) in [5.74, 6) is 5.92. The zero-order valence-electron chi connectivity index (χ0n) is 29.4. The zero-order valence-corrected chi connectivity index (χ0v) is 34.3. The highest BCUT2D eigenvalue weighted by molar-refractivity contribution is 8.22. The van der Waals surface area contributed by atoms with Gasteiger partial charge in [0.1, 0.15) is 0 Å². The quantitative estimate of drug-likeness (QED) is 0.0824. The van der Waals surface area contributed by atoms with Crippen LogP contribution < -0.4 is 0 Å². The van der Waals surface area contributed by atoms with Crippen LogP contribution in [-0.4, -0.2) is 23.0 Å². The molecule has 0 saturated heterocycles. The molecular weight excluding hydrogens is 673 g/mol. The molecule has 0 unspecified atom stereocenters. The Morgan fingerprint density at radius 1 is 0.478 bits per heavy atom. The van der Waals surface area contributed by atoms with E-state index in [0.29, 0.717) is 11.8 Å². The molecule has 0 N–H and O–H groups in total. The smallest absolute Gasteiger partial charge is 0.0486 e. The van der Waals surface area contributed by atoms with E-state index in [9.17, 15) is 0 Å². The van der Waals surface area contributed by atoms with Gasteiger partial charge < -0.3 is 0 Å². The van der Waals surface area contributed by atoms with E-state index in [0.717, 1.165) is 0 Å². The maximum atomic E-state index is 2.64. The number of fused-ring (bicyclic) bond motifs is 6. The number of benzene rings is 1. The van der Waals surface area contributed by atoms with E-state index in [1.165, 1.54) is 138 Å². The van der Waals surface area contributed by atoms with Crippen LogP contribution in [0.4, 0.5) is 0 Å². The molecule has 2 heterocycles. The Hall–Kier alpha value is -0.500. The molecule has 2 aromatic heterocycles. The summed E-state index contributed by atoms with van der Waals surface area (Å²) in [5.41, 5.74) is 12.0. The van der Waals surface area contributed by atoms with Gasteiger partial charge in [0.25, 0.3) is 0 Å². The Labute approximate surface area is 305 Å². The van der Waals surface area contributed by atoms with Crippen molar-refractivity contribution in [2.45, 2.75) is 119 Å². The third kappa shape index (κ3) is 7.94. The molecule has 0 atom stereocenters. The second-order valence-electron chi connectivity index (χ2n) is 13.2. The van der Waals surface area contributed by atoms with Gasteiger partial charge in [-0.2, -0.15) is 0 Å². The highest BCUT2D eigenvalue weighted by Gasteiger charge is 2.36. The third-order valence-electron chi connectivity index (χ3n) is 8.70. The van der Waals surface area contributed by atoms with Gasteiger partial charge in [0.05, 0.1) is 0 Å². The van der Waals surface area contributed by atoms with Crippen LogP contribution in [0.1, 0.15) is 151 Å². The first kappa shape index (κ1) is 36.8. The summed E-state index contributed by atoms with van der Waals surface area (Å²) in [6, 6.07) is 10.4. The van der Waals surface area contributed by atoms with Gasteiger partial charge in [-0.25, -0.2) is 0 Å². The first-order valence-corrected chi connectivity index (χ1v) is 23.4. The van der Waals surface area contributed by atoms with Gasteiger partial charge in [0.15, 0.2) is 0 Å². The summed E-state index contributed by atoms with van der Waals surface area (Å²) in [6.45, 7) is 18.7. The van der Waals surface area contributed by atoms with Crippen molar-refractivity contribution in [3.8, 4) is 20.9 Å². The fourth-order valence-electron chi connectivity index (χ4n) is 5.89. The summed E-state index contributed by atoms with van der Waals surface area (Å²) >= 11 is 12.6. The largest absolute Gasteiger partial charge is 0.139 e. The van der Waals surface area contributed by atoms with E-state index in [2.05, 4.69) is 149 Å². The molecule has 2 aliphatic carbocycles. The van der Waals surface area contributed by atoms with Crippen LogP contribution in [0.25, 0.3) is 32.0 Å². The summed E-state index contributed by atoms with van der Waals surface area (Å²) in [6.07, 6.45) is 10.1. The van der Waals surface area contributed by atoms with Crippen molar-refractivity contribution in [3.05, 3.63) is 64.7 Å². The predicted molar refractivity (Wildman–Crippen MR) is 223 cm³/mol. The van der Waals surface area contributed by atoms with E-state index < -0.39 is 0 Å². The van der Waals surface area contributed by atoms with Crippen molar-refractivity contribution in [3.63, 3.8) is 0 Å². The van der Waals surface area contributed by atoms with Crippen LogP contribution in [0.15, 0.2) is 32.7 Å². The van der Waals surface area contributed by atoms with E-state index in [1.54, 1.807) is 8.47 Å². The average molecular weight is 727 g/mol. The lowest BCUT2D eigenvalue weighted by Crippen LogP contribution is -1.93. The summed E-state index contributed by atoms with van der Waals surface area (Å²) < 4.78 is 3.12. The first-order chi connectivity index (χ1) is 22.3. The van der Waals surface area contributed by atoms with E-state index in [1.807, 2.05) is 0 Å². The average Bonchev–Trinajstić information content (AvgIpc) is 3.78. The minimum atomic E-state index is 0.548. The van der Waals surface area contributed by atoms with Crippen molar-refractivity contribution in [1.82, 2.24) is 0 Å². The number of hydrogen-bond acceptors (Lipinski definition) is 6. The molecular formula is C40H54S6. The lowest BCUT2D eigenvalue weighted by molar-refractivity contribution is 0.889. The summed E-state index contributed by atoms with van der Waals surface area (Å²) in [5, 5.41) is 0. The maximum absolute atomic E-state index is 2.64. The highest BCUT2D eigenvalue weighted by atomic mass is 32.2. The maximum Gasteiger partial charge on any atom is 0.0486 e. The molecule has 46 heavy (non-hydrogen) atoms. The van der Waals surface area contributed by atoms with Gasteiger partial charge in [-0.3, -0.25) is 0 Å². The number of thioether (sulfide) groups is 4. The molecule has 0 spiro atoms. The standard InChI is InChI=1S/C40H54S6/c1-9-13-17-41-39(42-18-14-10-2)35-27-21-30-28(22-29(27)37-31(35)23-33(45-37)25(5)6)36(32-24-34(26(7)8)46-38(30)32)40(43-19-15-11-3)44-20-16-12-4/h21-26H,9-20H2,1-8H3. The molecule has 0 bridgehead atoms. The molecule has 1 aromatic carbocycles. The molecule has 6 heteroatoms. The van der Waals surface area contributed by atoms with Crippen molar-refractivity contribution in [1.29, 1.82) is 0 Å². The molecule has 0 aliphatic heterocycles. The Morgan fingerprint density at radius 2 is 0.804 bits per heavy atom. The Morgan fingerprint density at radius 3 is 1.09 bits per heavy atom. The van der Waals surface area contributed by atoms with E-state index in [-0.39, 0.29) is 0 Å². The topological polar surface area (TPSA) is 0 Å². The lowest BCUT2D eigenvalue weighted by atomic mass is 9.98. The van der Waals surface area contributed by atoms with Gasteiger partial charge in [0, 0.05) is 61.4 Å². The van der Waals surface area contributed by atoms with Crippen molar-refractivity contribution < 1.29 is 0 Å². The monoisotopic (exact) mass is 726 g/mol. The molecule has 0 fully saturated rings. The molecule has 5 rings (SSSR count). The molecule has 250 valence electrons. The number of rotatable bonds is 18. The van der Waals surface area contributed by atoms with Crippen LogP contribution >= 0.6 is 69.7 Å². The van der Waals surface area contributed by atoms with Crippen molar-refractivity contribution in [2.75, 3.05) is 23.0 Å². The predicted octanol–water partition coefficient (Wildman–Crippen LogP) is 15.6. The second kappa shape index (κ2) is 17.4. The van der Waals surface area contributed by atoms with Gasteiger partial charge >= 0.3 is 0 Å². The van der Waals surface area contributed by atoms with Gasteiger partial charge in [-0.05, 0) is 95.9 Å². The van der Waals surface area contributed by atoms with Crippen LogP contribution in [0, 0.1) is 0 Å². The Kier molecular flexibility index (Phi) is 13.9.